The first kappa shape index (κ1) is 28.5. The molecule has 0 saturated carbocycles. The highest BCUT2D eigenvalue weighted by molar-refractivity contribution is 5.57. The quantitative estimate of drug-likeness (QED) is 0.177. The minimum Gasteiger partial charge on any atom is -0.473 e. The third kappa shape index (κ3) is 8.24. The maximum absolute atomic E-state index is 10.9. The molecule has 0 aromatic heterocycles. The van der Waals surface area contributed by atoms with Gasteiger partial charge in [0.25, 0.3) is 0 Å². The molecule has 4 aliphatic heterocycles. The van der Waals surface area contributed by atoms with E-state index in [0.717, 1.165) is 22.3 Å². The van der Waals surface area contributed by atoms with Gasteiger partial charge in [-0.05, 0) is 45.5 Å². The highest BCUT2D eigenvalue weighted by atomic mass is 16.6. The van der Waals surface area contributed by atoms with Crippen molar-refractivity contribution in [2.75, 3.05) is 26.4 Å². The van der Waals surface area contributed by atoms with Crippen molar-refractivity contribution in [3.8, 4) is 0 Å². The van der Waals surface area contributed by atoms with E-state index < -0.39 is 24.4 Å². The first-order valence-electron chi connectivity index (χ1n) is 14.4. The predicted molar refractivity (Wildman–Crippen MR) is 149 cm³/mol. The van der Waals surface area contributed by atoms with Crippen LogP contribution in [0.1, 0.15) is 83.5 Å². The lowest BCUT2D eigenvalue weighted by molar-refractivity contribution is 0.147. The molecule has 4 aliphatic rings. The Balaban J connectivity index is 1.14. The van der Waals surface area contributed by atoms with Gasteiger partial charge in [0.1, 0.15) is 0 Å². The van der Waals surface area contributed by atoms with Crippen LogP contribution in [0.2, 0.25) is 0 Å². The van der Waals surface area contributed by atoms with Gasteiger partial charge in [-0.15, -0.1) is 0 Å². The van der Waals surface area contributed by atoms with E-state index in [4.69, 9.17) is 23.7 Å². The molecule has 0 aliphatic carbocycles. The molecule has 8 atom stereocenters. The summed E-state index contributed by atoms with van der Waals surface area (Å²) in [5, 5.41) is 43.0. The minimum atomic E-state index is -0.734. The third-order valence-electron chi connectivity index (χ3n) is 7.92. The largest absolute Gasteiger partial charge is 0.473 e. The molecule has 2 aromatic carbocycles. The molecule has 9 nitrogen and oxygen atoms in total. The Hall–Kier alpha value is -2.60. The number of hydrogen-bond acceptors (Lipinski definition) is 9. The van der Waals surface area contributed by atoms with Crippen LogP contribution in [-0.2, 0) is 23.7 Å². The van der Waals surface area contributed by atoms with E-state index in [0.29, 0.717) is 63.2 Å². The Morgan fingerprint density at radius 2 is 0.927 bits per heavy atom. The van der Waals surface area contributed by atoms with Crippen molar-refractivity contribution in [3.63, 3.8) is 0 Å². The second kappa shape index (κ2) is 12.7. The molecule has 4 N–H and O–H groups in total. The highest BCUT2D eigenvalue weighted by Gasteiger charge is 2.31. The van der Waals surface area contributed by atoms with E-state index in [1.165, 1.54) is 12.5 Å². The van der Waals surface area contributed by atoms with Crippen molar-refractivity contribution < 1.29 is 44.1 Å². The van der Waals surface area contributed by atoms with Crippen LogP contribution in [0.3, 0.4) is 0 Å². The number of hydrogen-bond donors (Lipinski definition) is 4. The van der Waals surface area contributed by atoms with E-state index in [-0.39, 0.29) is 24.4 Å². The Bertz CT molecular complexity index is 1150. The van der Waals surface area contributed by atoms with E-state index >= 15 is 0 Å². The molecule has 4 saturated heterocycles. The SMILES string of the molecule is OC(CC1CO1)c1ccc(C=COC=Cc2ccc(C(O)CC3CO3)cc2C(O)CC2CO2)c(C(O)CC2CO2)c1. The fourth-order valence-corrected chi connectivity index (χ4v) is 5.09. The molecule has 6 rings (SSSR count). The van der Waals surface area contributed by atoms with E-state index in [9.17, 15) is 20.4 Å². The fourth-order valence-electron chi connectivity index (χ4n) is 5.09. The lowest BCUT2D eigenvalue weighted by Gasteiger charge is -2.17. The summed E-state index contributed by atoms with van der Waals surface area (Å²) in [4.78, 5) is 0. The highest BCUT2D eigenvalue weighted by Crippen LogP contribution is 2.34. The third-order valence-corrected chi connectivity index (χ3v) is 7.92. The number of ether oxygens (including phenoxy) is 5. The van der Waals surface area contributed by atoms with Crippen LogP contribution in [0.15, 0.2) is 48.9 Å². The van der Waals surface area contributed by atoms with Gasteiger partial charge < -0.3 is 44.1 Å². The Morgan fingerprint density at radius 1 is 0.585 bits per heavy atom. The van der Waals surface area contributed by atoms with Crippen molar-refractivity contribution in [2.24, 2.45) is 0 Å². The van der Waals surface area contributed by atoms with Crippen molar-refractivity contribution in [1.29, 1.82) is 0 Å². The Morgan fingerprint density at radius 3 is 1.27 bits per heavy atom. The molecule has 220 valence electrons. The van der Waals surface area contributed by atoms with E-state index in [1.54, 1.807) is 12.2 Å². The lowest BCUT2D eigenvalue weighted by Crippen LogP contribution is -2.07. The molecule has 0 amide bonds. The van der Waals surface area contributed by atoms with Gasteiger partial charge in [0, 0.05) is 25.7 Å². The summed E-state index contributed by atoms with van der Waals surface area (Å²) < 4.78 is 26.8. The lowest BCUT2D eigenvalue weighted by atomic mass is 9.94. The standard InChI is InChI=1S/C32H38O9/c33-29(11-23-15-38-23)21-3-1-19(27(9-21)31(35)13-25-17-40-25)5-7-37-8-6-20-2-4-22(30(34)12-24-16-39-24)10-28(20)32(36)14-26-18-41-26/h1-10,23-26,29-36H,11-18H2. The topological polar surface area (TPSA) is 140 Å². The summed E-state index contributed by atoms with van der Waals surface area (Å²) in [6.45, 7) is 2.65. The zero-order chi connectivity index (χ0) is 28.3. The molecular formula is C32H38O9. The second-order valence-electron chi connectivity index (χ2n) is 11.3. The summed E-state index contributed by atoms with van der Waals surface area (Å²) >= 11 is 0. The van der Waals surface area contributed by atoms with Gasteiger partial charge >= 0.3 is 0 Å². The number of aliphatic hydroxyl groups is 4. The zero-order valence-electron chi connectivity index (χ0n) is 22.9. The summed E-state index contributed by atoms with van der Waals surface area (Å²) in [7, 11) is 0. The van der Waals surface area contributed by atoms with Gasteiger partial charge in [-0.2, -0.15) is 0 Å². The van der Waals surface area contributed by atoms with E-state index in [1.807, 2.05) is 36.4 Å². The number of aliphatic hydroxyl groups excluding tert-OH is 4. The summed E-state index contributed by atoms with van der Waals surface area (Å²) in [6.07, 6.45) is 6.17. The first-order chi connectivity index (χ1) is 19.9. The van der Waals surface area contributed by atoms with Crippen molar-refractivity contribution in [3.05, 3.63) is 82.3 Å². The predicted octanol–water partition coefficient (Wildman–Crippen LogP) is 3.63. The normalized spacial score (nSPS) is 27.5. The average molecular weight is 567 g/mol. The molecule has 0 bridgehead atoms. The van der Waals surface area contributed by atoms with Crippen LogP contribution in [-0.4, -0.2) is 71.3 Å². The Labute approximate surface area is 239 Å². The van der Waals surface area contributed by atoms with Crippen LogP contribution >= 0.6 is 0 Å². The van der Waals surface area contributed by atoms with Gasteiger partial charge in [-0.1, -0.05) is 36.4 Å². The molecule has 0 radical (unpaired) electrons. The molecule has 8 unspecified atom stereocenters. The van der Waals surface area contributed by atoms with Gasteiger partial charge in [-0.25, -0.2) is 0 Å². The maximum Gasteiger partial charge on any atom is 0.0907 e. The number of benzene rings is 2. The van der Waals surface area contributed by atoms with Gasteiger partial charge in [0.15, 0.2) is 0 Å². The van der Waals surface area contributed by atoms with E-state index in [2.05, 4.69) is 0 Å². The van der Waals surface area contributed by atoms with Crippen LogP contribution in [0, 0.1) is 0 Å². The van der Waals surface area contributed by atoms with Crippen LogP contribution in [0.4, 0.5) is 0 Å². The van der Waals surface area contributed by atoms with Gasteiger partial charge in [-0.3, -0.25) is 0 Å². The van der Waals surface area contributed by atoms with Crippen LogP contribution in [0.25, 0.3) is 12.2 Å². The molecule has 4 fully saturated rings. The molecule has 0 spiro atoms. The van der Waals surface area contributed by atoms with Crippen molar-refractivity contribution >= 4 is 12.2 Å². The molecule has 4 heterocycles. The maximum atomic E-state index is 10.9. The van der Waals surface area contributed by atoms with Crippen molar-refractivity contribution in [2.45, 2.75) is 74.5 Å². The Kier molecular flexibility index (Phi) is 8.85. The average Bonchev–Trinajstić information content (AvgIpc) is 3.77. The van der Waals surface area contributed by atoms with Crippen LogP contribution < -0.4 is 0 Å². The monoisotopic (exact) mass is 566 g/mol. The summed E-state index contributed by atoms with van der Waals surface area (Å²) in [5.41, 5.74) is 4.45. The van der Waals surface area contributed by atoms with Gasteiger partial charge in [0.2, 0.25) is 0 Å². The fraction of sp³-hybridized carbons (Fsp3) is 0.500. The molecule has 2 aromatic rings. The van der Waals surface area contributed by atoms with Gasteiger partial charge in [0.05, 0.1) is 87.8 Å². The van der Waals surface area contributed by atoms with Crippen molar-refractivity contribution in [1.82, 2.24) is 0 Å². The molecule has 41 heavy (non-hydrogen) atoms. The molecule has 9 heteroatoms. The summed E-state index contributed by atoms with van der Waals surface area (Å²) in [5.74, 6) is 0. The van der Waals surface area contributed by atoms with Crippen LogP contribution in [0.5, 0.6) is 0 Å². The smallest absolute Gasteiger partial charge is 0.0907 e. The molecular weight excluding hydrogens is 528 g/mol. The second-order valence-corrected chi connectivity index (χ2v) is 11.3. The number of epoxide rings is 4. The summed E-state index contributed by atoms with van der Waals surface area (Å²) in [6, 6.07) is 11.1. The zero-order valence-corrected chi connectivity index (χ0v) is 22.9. The first-order valence-corrected chi connectivity index (χ1v) is 14.4. The minimum absolute atomic E-state index is 0.0556. The number of rotatable bonds is 16.